The predicted molar refractivity (Wildman–Crippen MR) is 106 cm³/mol. The van der Waals surface area contributed by atoms with Gasteiger partial charge in [0.1, 0.15) is 5.75 Å². The molecule has 0 radical (unpaired) electrons. The predicted octanol–water partition coefficient (Wildman–Crippen LogP) is 5.37. The molecule has 2 heterocycles. The van der Waals surface area contributed by atoms with Crippen molar-refractivity contribution in [2.75, 3.05) is 0 Å². The molecule has 0 saturated carbocycles. The van der Waals surface area contributed by atoms with Gasteiger partial charge in [-0.25, -0.2) is 0 Å². The van der Waals surface area contributed by atoms with Crippen molar-refractivity contribution in [3.05, 3.63) is 87.5 Å². The van der Waals surface area contributed by atoms with E-state index in [1.807, 2.05) is 30.3 Å². The number of halogens is 1. The van der Waals surface area contributed by atoms with Crippen LogP contribution >= 0.6 is 27.3 Å². The van der Waals surface area contributed by atoms with Crippen molar-refractivity contribution in [3.8, 4) is 16.5 Å². The number of carbonyl (C=O) groups is 1. The number of benzene rings is 2. The first-order chi connectivity index (χ1) is 13.2. The van der Waals surface area contributed by atoms with E-state index in [-0.39, 0.29) is 12.4 Å². The fourth-order valence-corrected chi connectivity index (χ4v) is 3.75. The van der Waals surface area contributed by atoms with Crippen LogP contribution in [-0.2, 0) is 6.61 Å². The summed E-state index contributed by atoms with van der Waals surface area (Å²) in [5, 5.41) is 8.03. The van der Waals surface area contributed by atoms with Crippen LogP contribution in [0.3, 0.4) is 0 Å². The maximum Gasteiger partial charge on any atom is 0.257 e. The van der Waals surface area contributed by atoms with Crippen LogP contribution in [0.1, 0.15) is 21.8 Å². The molecule has 5 nitrogen and oxygen atoms in total. The highest BCUT2D eigenvalue weighted by atomic mass is 79.9. The van der Waals surface area contributed by atoms with Crippen molar-refractivity contribution in [2.45, 2.75) is 6.61 Å². The lowest BCUT2D eigenvalue weighted by atomic mass is 10.0. The molecular formula is C20H13BrN2O3S. The molecule has 0 bridgehead atoms. The van der Waals surface area contributed by atoms with Gasteiger partial charge >= 0.3 is 0 Å². The highest BCUT2D eigenvalue weighted by Gasteiger charge is 2.12. The van der Waals surface area contributed by atoms with Gasteiger partial charge in [0.2, 0.25) is 0 Å². The lowest BCUT2D eigenvalue weighted by Gasteiger charge is -2.05. The monoisotopic (exact) mass is 440 g/mol. The molecule has 134 valence electrons. The van der Waals surface area contributed by atoms with Crippen LogP contribution in [0.4, 0.5) is 0 Å². The second-order valence-corrected chi connectivity index (χ2v) is 8.08. The van der Waals surface area contributed by atoms with Crippen molar-refractivity contribution in [3.63, 3.8) is 0 Å². The molecule has 2 aromatic heterocycles. The molecule has 0 aliphatic heterocycles. The Balaban J connectivity index is 1.39. The average Bonchev–Trinajstić information content (AvgIpc) is 3.36. The van der Waals surface area contributed by atoms with Gasteiger partial charge in [-0.3, -0.25) is 4.79 Å². The molecule has 0 fully saturated rings. The zero-order valence-electron chi connectivity index (χ0n) is 14.0. The van der Waals surface area contributed by atoms with E-state index >= 15 is 0 Å². The minimum Gasteiger partial charge on any atom is -0.484 e. The molecule has 0 aliphatic carbocycles. The Morgan fingerprint density at radius 1 is 0.963 bits per heavy atom. The molecule has 0 saturated heterocycles. The summed E-state index contributed by atoms with van der Waals surface area (Å²) in [5.74, 6) is 1.45. The molecule has 0 atom stereocenters. The van der Waals surface area contributed by atoms with E-state index in [1.54, 1.807) is 36.4 Å². The smallest absolute Gasteiger partial charge is 0.257 e. The van der Waals surface area contributed by atoms with Gasteiger partial charge in [-0.15, -0.1) is 21.5 Å². The van der Waals surface area contributed by atoms with Gasteiger partial charge in [0.15, 0.2) is 12.4 Å². The largest absolute Gasteiger partial charge is 0.484 e. The van der Waals surface area contributed by atoms with Crippen LogP contribution in [0, 0.1) is 0 Å². The molecule has 0 spiro atoms. The van der Waals surface area contributed by atoms with Crippen LogP contribution in [0.2, 0.25) is 0 Å². The van der Waals surface area contributed by atoms with Gasteiger partial charge in [-0.2, -0.15) is 0 Å². The Labute approximate surface area is 167 Å². The van der Waals surface area contributed by atoms with E-state index in [4.69, 9.17) is 9.15 Å². The Morgan fingerprint density at radius 2 is 1.70 bits per heavy atom. The Hall–Kier alpha value is -2.77. The number of thiophene rings is 1. The highest BCUT2D eigenvalue weighted by Crippen LogP contribution is 2.30. The normalized spacial score (nSPS) is 10.7. The molecule has 0 amide bonds. The van der Waals surface area contributed by atoms with E-state index in [0.717, 1.165) is 8.66 Å². The summed E-state index contributed by atoms with van der Waals surface area (Å²) in [6.07, 6.45) is 0. The van der Waals surface area contributed by atoms with Crippen molar-refractivity contribution in [1.82, 2.24) is 10.2 Å². The lowest BCUT2D eigenvalue weighted by molar-refractivity contribution is 0.103. The van der Waals surface area contributed by atoms with Crippen LogP contribution < -0.4 is 4.74 Å². The topological polar surface area (TPSA) is 65.2 Å². The molecular weight excluding hydrogens is 428 g/mol. The van der Waals surface area contributed by atoms with Crippen molar-refractivity contribution in [2.24, 2.45) is 0 Å². The summed E-state index contributed by atoms with van der Waals surface area (Å²) in [6, 6.07) is 20.0. The standard InChI is InChI=1S/C20H13BrN2O3S/c21-17-11-10-16(27-17)20-23-22-18(26-20)12-25-15-8-6-14(7-9-15)19(24)13-4-2-1-3-5-13/h1-11H,12H2. The highest BCUT2D eigenvalue weighted by molar-refractivity contribution is 9.11. The first-order valence-corrected chi connectivity index (χ1v) is 9.71. The minimum absolute atomic E-state index is 0.0224. The quantitative estimate of drug-likeness (QED) is 0.377. The number of carbonyl (C=O) groups excluding carboxylic acids is 1. The second-order valence-electron chi connectivity index (χ2n) is 5.61. The Kier molecular flexibility index (Phi) is 5.13. The van der Waals surface area contributed by atoms with Crippen molar-refractivity contribution >= 4 is 33.0 Å². The zero-order valence-corrected chi connectivity index (χ0v) is 16.4. The minimum atomic E-state index is -0.0224. The first-order valence-electron chi connectivity index (χ1n) is 8.10. The van der Waals surface area contributed by atoms with Gasteiger partial charge < -0.3 is 9.15 Å². The van der Waals surface area contributed by atoms with Gasteiger partial charge in [0.05, 0.1) is 8.66 Å². The third-order valence-corrected chi connectivity index (χ3v) is 5.38. The van der Waals surface area contributed by atoms with Crippen LogP contribution in [0.5, 0.6) is 5.75 Å². The number of nitrogens with zero attached hydrogens (tertiary/aromatic N) is 2. The van der Waals surface area contributed by atoms with Gasteiger partial charge in [0.25, 0.3) is 11.8 Å². The summed E-state index contributed by atoms with van der Waals surface area (Å²) in [4.78, 5) is 13.3. The third-order valence-electron chi connectivity index (χ3n) is 3.77. The van der Waals surface area contributed by atoms with Gasteiger partial charge in [-0.05, 0) is 52.3 Å². The van der Waals surface area contributed by atoms with Gasteiger partial charge in [0, 0.05) is 11.1 Å². The molecule has 4 rings (SSSR count). The molecule has 0 unspecified atom stereocenters. The van der Waals surface area contributed by atoms with E-state index in [0.29, 0.717) is 28.7 Å². The second kappa shape index (κ2) is 7.85. The number of ketones is 1. The Morgan fingerprint density at radius 3 is 2.41 bits per heavy atom. The van der Waals surface area contributed by atoms with Crippen LogP contribution in [-0.4, -0.2) is 16.0 Å². The summed E-state index contributed by atoms with van der Waals surface area (Å²) < 4.78 is 12.3. The van der Waals surface area contributed by atoms with Crippen LogP contribution in [0.25, 0.3) is 10.8 Å². The average molecular weight is 441 g/mol. The number of hydrogen-bond donors (Lipinski definition) is 0. The maximum absolute atomic E-state index is 12.4. The molecule has 4 aromatic rings. The summed E-state index contributed by atoms with van der Waals surface area (Å²) in [6.45, 7) is 0.158. The van der Waals surface area contributed by atoms with Crippen molar-refractivity contribution < 1.29 is 13.9 Å². The Bertz CT molecular complexity index is 1060. The van der Waals surface area contributed by atoms with Gasteiger partial charge in [-0.1, -0.05) is 30.3 Å². The van der Waals surface area contributed by atoms with E-state index in [1.165, 1.54) is 11.3 Å². The SMILES string of the molecule is O=C(c1ccccc1)c1ccc(OCc2nnc(-c3ccc(Br)s3)o2)cc1. The molecule has 7 heteroatoms. The van der Waals surface area contributed by atoms with E-state index in [2.05, 4.69) is 26.1 Å². The van der Waals surface area contributed by atoms with E-state index in [9.17, 15) is 4.79 Å². The molecule has 0 N–H and O–H groups in total. The van der Waals surface area contributed by atoms with E-state index < -0.39 is 0 Å². The molecule has 27 heavy (non-hydrogen) atoms. The summed E-state index contributed by atoms with van der Waals surface area (Å²) in [5.41, 5.74) is 1.27. The molecule has 2 aromatic carbocycles. The molecule has 0 aliphatic rings. The summed E-state index contributed by atoms with van der Waals surface area (Å²) in [7, 11) is 0. The third kappa shape index (κ3) is 4.15. The fourth-order valence-electron chi connectivity index (χ4n) is 2.44. The number of hydrogen-bond acceptors (Lipinski definition) is 6. The lowest BCUT2D eigenvalue weighted by Crippen LogP contribution is -2.01. The van der Waals surface area contributed by atoms with Crippen molar-refractivity contribution in [1.29, 1.82) is 0 Å². The number of ether oxygens (including phenoxy) is 1. The number of aromatic nitrogens is 2. The number of rotatable bonds is 6. The fraction of sp³-hybridized carbons (Fsp3) is 0.0500. The zero-order chi connectivity index (χ0) is 18.6. The maximum atomic E-state index is 12.4. The first kappa shape index (κ1) is 17.6. The van der Waals surface area contributed by atoms with Crippen LogP contribution in [0.15, 0.2) is 74.9 Å². The summed E-state index contributed by atoms with van der Waals surface area (Å²) >= 11 is 4.93.